The second-order valence-corrected chi connectivity index (χ2v) is 5.90. The van der Waals surface area contributed by atoms with Gasteiger partial charge in [0.2, 0.25) is 0 Å². The first-order valence-corrected chi connectivity index (χ1v) is 7.20. The van der Waals surface area contributed by atoms with Gasteiger partial charge < -0.3 is 10.4 Å². The minimum atomic E-state index is -1.24. The average Bonchev–Trinajstić information content (AvgIpc) is 2.41. The highest BCUT2D eigenvalue weighted by molar-refractivity contribution is 9.10. The maximum atomic E-state index is 13.3. The fraction of sp³-hybridized carbons (Fsp3) is 0.188. The minimum Gasteiger partial charge on any atom is -0.480 e. The van der Waals surface area contributed by atoms with Gasteiger partial charge in [-0.25, -0.2) is 9.18 Å². The maximum absolute atomic E-state index is 13.3. The lowest BCUT2D eigenvalue weighted by Crippen LogP contribution is -2.45. The third-order valence-electron chi connectivity index (χ3n) is 3.20. The Morgan fingerprint density at radius 1 is 1.29 bits per heavy atom. The smallest absolute Gasteiger partial charge is 0.329 e. The molecule has 1 unspecified atom stereocenters. The van der Waals surface area contributed by atoms with Crippen LogP contribution in [0.1, 0.15) is 12.5 Å². The van der Waals surface area contributed by atoms with Crippen molar-refractivity contribution in [2.24, 2.45) is 0 Å². The van der Waals surface area contributed by atoms with E-state index in [0.29, 0.717) is 11.3 Å². The molecule has 0 saturated carbocycles. The Morgan fingerprint density at radius 2 is 2.00 bits per heavy atom. The molecule has 0 aliphatic rings. The first-order valence-electron chi connectivity index (χ1n) is 6.41. The van der Waals surface area contributed by atoms with Crippen molar-refractivity contribution >= 4 is 27.6 Å². The van der Waals surface area contributed by atoms with Crippen LogP contribution in [0.15, 0.2) is 53.0 Å². The zero-order valence-electron chi connectivity index (χ0n) is 11.4. The van der Waals surface area contributed by atoms with Crippen LogP contribution in [-0.4, -0.2) is 16.6 Å². The first kappa shape index (κ1) is 15.5. The van der Waals surface area contributed by atoms with E-state index in [1.807, 2.05) is 18.2 Å². The number of benzene rings is 2. The molecule has 0 fully saturated rings. The van der Waals surface area contributed by atoms with Crippen LogP contribution >= 0.6 is 15.9 Å². The summed E-state index contributed by atoms with van der Waals surface area (Å²) in [6.45, 7) is 1.58. The minimum absolute atomic E-state index is 0.168. The molecule has 110 valence electrons. The summed E-state index contributed by atoms with van der Waals surface area (Å²) in [6, 6.07) is 13.3. The fourth-order valence-electron chi connectivity index (χ4n) is 2.09. The Labute approximate surface area is 130 Å². The van der Waals surface area contributed by atoms with Gasteiger partial charge >= 0.3 is 5.97 Å². The molecule has 5 heteroatoms. The van der Waals surface area contributed by atoms with Crippen LogP contribution < -0.4 is 5.32 Å². The van der Waals surface area contributed by atoms with Gasteiger partial charge in [0.15, 0.2) is 0 Å². The highest BCUT2D eigenvalue weighted by atomic mass is 79.9. The van der Waals surface area contributed by atoms with Crippen LogP contribution in [0.4, 0.5) is 10.1 Å². The van der Waals surface area contributed by atoms with Crippen molar-refractivity contribution in [2.45, 2.75) is 18.9 Å². The van der Waals surface area contributed by atoms with Crippen LogP contribution in [-0.2, 0) is 11.2 Å². The molecule has 1 atom stereocenters. The third kappa shape index (κ3) is 3.82. The van der Waals surface area contributed by atoms with Gasteiger partial charge in [-0.05, 0) is 52.7 Å². The molecular weight excluding hydrogens is 337 g/mol. The molecular formula is C16H15BrFNO2. The second kappa shape index (κ2) is 6.26. The van der Waals surface area contributed by atoms with Crippen molar-refractivity contribution < 1.29 is 14.3 Å². The van der Waals surface area contributed by atoms with Gasteiger partial charge in [0, 0.05) is 16.6 Å². The zero-order chi connectivity index (χ0) is 15.5. The Morgan fingerprint density at radius 3 is 2.62 bits per heavy atom. The number of halogens is 2. The lowest BCUT2D eigenvalue weighted by atomic mass is 9.92. The number of carboxylic acids is 1. The second-order valence-electron chi connectivity index (χ2n) is 5.05. The number of carbonyl (C=O) groups is 1. The molecule has 0 bridgehead atoms. The largest absolute Gasteiger partial charge is 0.480 e. The van der Waals surface area contributed by atoms with Crippen LogP contribution in [0.25, 0.3) is 0 Å². The first-order chi connectivity index (χ1) is 9.90. The molecule has 0 heterocycles. The Kier molecular flexibility index (Phi) is 4.63. The maximum Gasteiger partial charge on any atom is 0.329 e. The van der Waals surface area contributed by atoms with Crippen LogP contribution in [0, 0.1) is 5.82 Å². The van der Waals surface area contributed by atoms with Crippen molar-refractivity contribution in [3.63, 3.8) is 0 Å². The lowest BCUT2D eigenvalue weighted by Gasteiger charge is -2.28. The number of hydrogen-bond acceptors (Lipinski definition) is 2. The molecule has 3 nitrogen and oxygen atoms in total. The van der Waals surface area contributed by atoms with E-state index in [9.17, 15) is 14.3 Å². The standard InChI is InChI=1S/C16H15BrFNO2/c1-16(15(20)21,10-11-5-4-6-12(18)9-11)19-14-8-3-2-7-13(14)17/h2-9,19H,10H2,1H3,(H,20,21). The van der Waals surface area contributed by atoms with Gasteiger partial charge in [0.1, 0.15) is 11.4 Å². The van der Waals surface area contributed by atoms with Crippen LogP contribution in [0.5, 0.6) is 0 Å². The van der Waals surface area contributed by atoms with E-state index in [0.717, 1.165) is 4.47 Å². The molecule has 0 radical (unpaired) electrons. The molecule has 0 aliphatic carbocycles. The van der Waals surface area contributed by atoms with Gasteiger partial charge in [-0.15, -0.1) is 0 Å². The Bertz CT molecular complexity index is 662. The van der Waals surface area contributed by atoms with E-state index >= 15 is 0 Å². The van der Waals surface area contributed by atoms with Crippen molar-refractivity contribution in [3.05, 3.63) is 64.4 Å². The molecule has 2 N–H and O–H groups in total. The summed E-state index contributed by atoms with van der Waals surface area (Å²) in [5.74, 6) is -1.37. The van der Waals surface area contributed by atoms with Crippen molar-refractivity contribution in [1.29, 1.82) is 0 Å². The quantitative estimate of drug-likeness (QED) is 0.852. The van der Waals surface area contributed by atoms with Gasteiger partial charge in [-0.1, -0.05) is 24.3 Å². The molecule has 0 saturated heterocycles. The van der Waals surface area contributed by atoms with E-state index in [2.05, 4.69) is 21.2 Å². The number of aliphatic carboxylic acids is 1. The molecule has 0 amide bonds. The molecule has 2 aromatic carbocycles. The van der Waals surface area contributed by atoms with Gasteiger partial charge in [0.25, 0.3) is 0 Å². The zero-order valence-corrected chi connectivity index (χ0v) is 13.0. The molecule has 0 aromatic heterocycles. The van der Waals surface area contributed by atoms with Gasteiger partial charge in [-0.3, -0.25) is 0 Å². The Balaban J connectivity index is 2.29. The van der Waals surface area contributed by atoms with Crippen molar-refractivity contribution in [2.75, 3.05) is 5.32 Å². The van der Waals surface area contributed by atoms with Crippen LogP contribution in [0.3, 0.4) is 0 Å². The predicted molar refractivity (Wildman–Crippen MR) is 83.9 cm³/mol. The van der Waals surface area contributed by atoms with E-state index in [4.69, 9.17) is 0 Å². The number of para-hydroxylation sites is 1. The van der Waals surface area contributed by atoms with Crippen molar-refractivity contribution in [1.82, 2.24) is 0 Å². The topological polar surface area (TPSA) is 49.3 Å². The van der Waals surface area contributed by atoms with Gasteiger partial charge in [0.05, 0.1) is 0 Å². The van der Waals surface area contributed by atoms with Crippen molar-refractivity contribution in [3.8, 4) is 0 Å². The normalized spacial score (nSPS) is 13.5. The molecule has 0 aliphatic heterocycles. The number of anilines is 1. The molecule has 2 rings (SSSR count). The molecule has 2 aromatic rings. The number of rotatable bonds is 5. The van der Waals surface area contributed by atoms with E-state index < -0.39 is 11.5 Å². The summed E-state index contributed by atoms with van der Waals surface area (Å²) in [7, 11) is 0. The average molecular weight is 352 g/mol. The molecule has 0 spiro atoms. The summed E-state index contributed by atoms with van der Waals surface area (Å²) in [4.78, 5) is 11.7. The number of nitrogens with one attached hydrogen (secondary N) is 1. The van der Waals surface area contributed by atoms with E-state index in [1.165, 1.54) is 12.1 Å². The summed E-state index contributed by atoms with van der Waals surface area (Å²) >= 11 is 3.38. The summed E-state index contributed by atoms with van der Waals surface area (Å²) in [5, 5.41) is 12.6. The summed E-state index contributed by atoms with van der Waals surface area (Å²) in [6.07, 6.45) is 0.168. The summed E-state index contributed by atoms with van der Waals surface area (Å²) < 4.78 is 14.0. The number of hydrogen-bond donors (Lipinski definition) is 2. The van der Waals surface area contributed by atoms with Crippen LogP contribution in [0.2, 0.25) is 0 Å². The Hall–Kier alpha value is -1.88. The fourth-order valence-corrected chi connectivity index (χ4v) is 2.47. The lowest BCUT2D eigenvalue weighted by molar-refractivity contribution is -0.141. The SMILES string of the molecule is CC(Cc1cccc(F)c1)(Nc1ccccc1Br)C(=O)O. The monoisotopic (exact) mass is 351 g/mol. The highest BCUT2D eigenvalue weighted by Crippen LogP contribution is 2.27. The number of carboxylic acid groups (broad SMARTS) is 1. The molecule has 21 heavy (non-hydrogen) atoms. The third-order valence-corrected chi connectivity index (χ3v) is 3.89. The van der Waals surface area contributed by atoms with E-state index in [1.54, 1.807) is 25.1 Å². The van der Waals surface area contributed by atoms with Gasteiger partial charge in [-0.2, -0.15) is 0 Å². The van der Waals surface area contributed by atoms with E-state index in [-0.39, 0.29) is 12.2 Å². The summed E-state index contributed by atoms with van der Waals surface area (Å²) in [5.41, 5.74) is 0.0655. The predicted octanol–water partition coefficient (Wildman–Crippen LogP) is 4.09. The highest BCUT2D eigenvalue weighted by Gasteiger charge is 2.33.